The molecule has 1 aliphatic carbocycles. The summed E-state index contributed by atoms with van der Waals surface area (Å²) in [6.07, 6.45) is 1.64. The van der Waals surface area contributed by atoms with Crippen LogP contribution in [0, 0.1) is 0 Å². The lowest BCUT2D eigenvalue weighted by Crippen LogP contribution is -2.11. The Labute approximate surface area is 139 Å². The van der Waals surface area contributed by atoms with Gasteiger partial charge >= 0.3 is 11.9 Å². The molecule has 0 amide bonds. The fourth-order valence-corrected chi connectivity index (χ4v) is 3.00. The van der Waals surface area contributed by atoms with E-state index in [0.717, 1.165) is 29.5 Å². The third-order valence-electron chi connectivity index (χ3n) is 4.66. The Morgan fingerprint density at radius 3 is 2.08 bits per heavy atom. The molecular weight excluding hydrogens is 308 g/mol. The predicted molar refractivity (Wildman–Crippen MR) is 88.2 cm³/mol. The van der Waals surface area contributed by atoms with E-state index < -0.39 is 11.9 Å². The van der Waals surface area contributed by atoms with Crippen molar-refractivity contribution in [1.29, 1.82) is 0 Å². The van der Waals surface area contributed by atoms with Gasteiger partial charge in [-0.25, -0.2) is 4.79 Å². The van der Waals surface area contributed by atoms with Gasteiger partial charge in [0.25, 0.3) is 0 Å². The van der Waals surface area contributed by atoms with E-state index in [0.29, 0.717) is 0 Å². The second kappa shape index (κ2) is 6.09. The van der Waals surface area contributed by atoms with Gasteiger partial charge in [-0.2, -0.15) is 0 Å². The zero-order valence-electron chi connectivity index (χ0n) is 13.0. The van der Waals surface area contributed by atoms with Crippen molar-refractivity contribution in [3.63, 3.8) is 0 Å². The normalized spacial score (nSPS) is 15.0. The highest BCUT2D eigenvalue weighted by Gasteiger charge is 2.43. The monoisotopic (exact) mass is 326 g/mol. The highest BCUT2D eigenvalue weighted by molar-refractivity contribution is 5.92. The highest BCUT2D eigenvalue weighted by Crippen LogP contribution is 2.47. The minimum absolute atomic E-state index is 0.00924. The molecule has 3 rings (SSSR count). The lowest BCUT2D eigenvalue weighted by Gasteiger charge is -2.13. The number of hydrogen-bond acceptors (Lipinski definition) is 3. The van der Waals surface area contributed by atoms with Crippen LogP contribution >= 0.6 is 0 Å². The van der Waals surface area contributed by atoms with Crippen LogP contribution in [-0.4, -0.2) is 33.9 Å². The molecule has 2 aromatic carbocycles. The molecule has 1 fully saturated rings. The van der Waals surface area contributed by atoms with Gasteiger partial charge in [0.1, 0.15) is 0 Å². The summed E-state index contributed by atoms with van der Waals surface area (Å²) in [6, 6.07) is 12.5. The summed E-state index contributed by atoms with van der Waals surface area (Å²) in [4.78, 5) is 22.2. The first-order chi connectivity index (χ1) is 11.4. The Kier molecular flexibility index (Phi) is 4.11. The van der Waals surface area contributed by atoms with Gasteiger partial charge in [-0.15, -0.1) is 0 Å². The maximum atomic E-state index is 11.2. The molecule has 5 nitrogen and oxygen atoms in total. The van der Waals surface area contributed by atoms with E-state index in [1.165, 1.54) is 6.07 Å². The fraction of sp³-hybridized carbons (Fsp3) is 0.263. The summed E-state index contributed by atoms with van der Waals surface area (Å²) >= 11 is 0. The van der Waals surface area contributed by atoms with Crippen molar-refractivity contribution >= 4 is 11.9 Å². The van der Waals surface area contributed by atoms with Gasteiger partial charge in [-0.3, -0.25) is 4.79 Å². The standard InChI is InChI=1S/C19H18O5/c20-11-19(7-8-19)15-4-1-12(2-5-15)13-3-6-16(18(23)24)14(9-13)10-17(21)22/h1-6,9,20H,7-8,10-11H2,(H,21,22)(H,23,24). The predicted octanol–water partition coefficient (Wildman–Crippen LogP) is 2.70. The fourth-order valence-electron chi connectivity index (χ4n) is 3.00. The summed E-state index contributed by atoms with van der Waals surface area (Å²) in [6.45, 7) is 0.141. The molecular formula is C19H18O5. The molecule has 0 atom stereocenters. The lowest BCUT2D eigenvalue weighted by molar-refractivity contribution is -0.136. The van der Waals surface area contributed by atoms with Gasteiger partial charge in [0.15, 0.2) is 0 Å². The van der Waals surface area contributed by atoms with Crippen LogP contribution in [0.15, 0.2) is 42.5 Å². The number of carbonyl (C=O) groups is 2. The van der Waals surface area contributed by atoms with E-state index >= 15 is 0 Å². The highest BCUT2D eigenvalue weighted by atomic mass is 16.4. The van der Waals surface area contributed by atoms with Gasteiger partial charge in [-0.05, 0) is 47.2 Å². The molecule has 0 aromatic heterocycles. The first-order valence-corrected chi connectivity index (χ1v) is 7.75. The van der Waals surface area contributed by atoms with Gasteiger partial charge in [0.05, 0.1) is 18.6 Å². The van der Waals surface area contributed by atoms with Crippen LogP contribution in [0.3, 0.4) is 0 Å². The van der Waals surface area contributed by atoms with Crippen LogP contribution < -0.4 is 0 Å². The molecule has 0 unspecified atom stereocenters. The summed E-state index contributed by atoms with van der Waals surface area (Å²) in [5, 5.41) is 27.6. The average molecular weight is 326 g/mol. The SMILES string of the molecule is O=C(O)Cc1cc(-c2ccc(C3(CO)CC3)cc2)ccc1C(=O)O. The van der Waals surface area contributed by atoms with Gasteiger partial charge < -0.3 is 15.3 Å². The molecule has 0 bridgehead atoms. The average Bonchev–Trinajstić information content (AvgIpc) is 3.35. The van der Waals surface area contributed by atoms with Crippen molar-refractivity contribution in [2.45, 2.75) is 24.7 Å². The van der Waals surface area contributed by atoms with Crippen molar-refractivity contribution < 1.29 is 24.9 Å². The Morgan fingerprint density at radius 1 is 0.958 bits per heavy atom. The molecule has 3 N–H and O–H groups in total. The van der Waals surface area contributed by atoms with Gasteiger partial charge in [-0.1, -0.05) is 30.3 Å². The number of benzene rings is 2. The van der Waals surface area contributed by atoms with E-state index in [-0.39, 0.29) is 29.6 Å². The quantitative estimate of drug-likeness (QED) is 0.758. The maximum Gasteiger partial charge on any atom is 0.335 e. The number of aromatic carboxylic acids is 1. The maximum absolute atomic E-state index is 11.2. The van der Waals surface area contributed by atoms with Crippen molar-refractivity contribution in [3.05, 3.63) is 59.2 Å². The van der Waals surface area contributed by atoms with Crippen molar-refractivity contribution in [2.75, 3.05) is 6.61 Å². The number of hydrogen-bond donors (Lipinski definition) is 3. The molecule has 2 aromatic rings. The smallest absolute Gasteiger partial charge is 0.335 e. The lowest BCUT2D eigenvalue weighted by atomic mass is 9.93. The number of aliphatic hydroxyl groups is 1. The van der Waals surface area contributed by atoms with Crippen LogP contribution in [-0.2, 0) is 16.6 Å². The van der Waals surface area contributed by atoms with Crippen LogP contribution in [0.5, 0.6) is 0 Å². The second-order valence-electron chi connectivity index (χ2n) is 6.26. The van der Waals surface area contributed by atoms with Crippen LogP contribution in [0.1, 0.15) is 34.3 Å². The minimum atomic E-state index is -1.13. The molecule has 0 saturated heterocycles. The first-order valence-electron chi connectivity index (χ1n) is 7.75. The zero-order valence-corrected chi connectivity index (χ0v) is 13.0. The summed E-state index contributed by atoms with van der Waals surface area (Å²) in [7, 11) is 0. The Balaban J connectivity index is 1.94. The van der Waals surface area contributed by atoms with E-state index in [9.17, 15) is 19.8 Å². The molecule has 5 heteroatoms. The number of carboxylic acid groups (broad SMARTS) is 2. The molecule has 1 aliphatic rings. The number of aliphatic hydroxyl groups excluding tert-OH is 1. The molecule has 0 aliphatic heterocycles. The van der Waals surface area contributed by atoms with Crippen LogP contribution in [0.4, 0.5) is 0 Å². The zero-order chi connectivity index (χ0) is 17.3. The van der Waals surface area contributed by atoms with Crippen molar-refractivity contribution in [2.24, 2.45) is 0 Å². The van der Waals surface area contributed by atoms with Gasteiger partial charge in [0.2, 0.25) is 0 Å². The Morgan fingerprint density at radius 2 is 1.58 bits per heavy atom. The first kappa shape index (κ1) is 16.2. The number of carboxylic acids is 2. The van der Waals surface area contributed by atoms with Crippen LogP contribution in [0.25, 0.3) is 11.1 Å². The Bertz CT molecular complexity index is 788. The molecule has 124 valence electrons. The largest absolute Gasteiger partial charge is 0.481 e. The van der Waals surface area contributed by atoms with E-state index in [1.807, 2.05) is 24.3 Å². The minimum Gasteiger partial charge on any atom is -0.481 e. The second-order valence-corrected chi connectivity index (χ2v) is 6.26. The van der Waals surface area contributed by atoms with E-state index in [2.05, 4.69) is 0 Å². The summed E-state index contributed by atoms with van der Waals surface area (Å²) in [5.41, 5.74) is 2.95. The molecule has 0 heterocycles. The summed E-state index contributed by atoms with van der Waals surface area (Å²) < 4.78 is 0. The van der Waals surface area contributed by atoms with E-state index in [4.69, 9.17) is 5.11 Å². The van der Waals surface area contributed by atoms with Crippen molar-refractivity contribution in [3.8, 4) is 11.1 Å². The van der Waals surface area contributed by atoms with Crippen LogP contribution in [0.2, 0.25) is 0 Å². The topological polar surface area (TPSA) is 94.8 Å². The molecule has 0 radical (unpaired) electrons. The van der Waals surface area contributed by atoms with Crippen molar-refractivity contribution in [1.82, 2.24) is 0 Å². The van der Waals surface area contributed by atoms with Gasteiger partial charge in [0, 0.05) is 5.41 Å². The third kappa shape index (κ3) is 3.03. The number of aliphatic carboxylic acids is 1. The number of rotatable bonds is 6. The van der Waals surface area contributed by atoms with E-state index in [1.54, 1.807) is 12.1 Å². The summed E-state index contributed by atoms with van der Waals surface area (Å²) in [5.74, 6) is -2.20. The third-order valence-corrected chi connectivity index (χ3v) is 4.66. The Hall–Kier alpha value is -2.66. The molecule has 0 spiro atoms. The molecule has 1 saturated carbocycles. The molecule has 24 heavy (non-hydrogen) atoms.